The third-order valence-electron chi connectivity index (χ3n) is 3.30. The van der Waals surface area contributed by atoms with Gasteiger partial charge < -0.3 is 5.32 Å². The van der Waals surface area contributed by atoms with Gasteiger partial charge in [0.15, 0.2) is 0 Å². The molecular formula is C15H14ClN. The molecule has 0 fully saturated rings. The summed E-state index contributed by atoms with van der Waals surface area (Å²) in [6, 6.07) is 17.0. The maximum Gasteiger partial charge on any atom is 0.0517 e. The Morgan fingerprint density at radius 2 is 1.94 bits per heavy atom. The van der Waals surface area contributed by atoms with Crippen molar-refractivity contribution in [1.29, 1.82) is 0 Å². The SMILES string of the molecule is Clc1cccc([C@H]2CCc3ccccc3N2)c1. The van der Waals surface area contributed by atoms with Crippen LogP contribution in [0.3, 0.4) is 0 Å². The van der Waals surface area contributed by atoms with Crippen molar-refractivity contribution in [2.24, 2.45) is 0 Å². The lowest BCUT2D eigenvalue weighted by molar-refractivity contribution is 0.668. The van der Waals surface area contributed by atoms with Crippen LogP contribution < -0.4 is 5.32 Å². The molecule has 0 spiro atoms. The fourth-order valence-electron chi connectivity index (χ4n) is 2.41. The molecule has 1 aliphatic rings. The van der Waals surface area contributed by atoms with E-state index in [1.54, 1.807) is 0 Å². The predicted molar refractivity (Wildman–Crippen MR) is 72.6 cm³/mol. The van der Waals surface area contributed by atoms with E-state index in [4.69, 9.17) is 11.6 Å². The average molecular weight is 244 g/mol. The van der Waals surface area contributed by atoms with Crippen molar-refractivity contribution < 1.29 is 0 Å². The third-order valence-corrected chi connectivity index (χ3v) is 3.54. The molecule has 0 amide bonds. The Labute approximate surface area is 106 Å². The molecular weight excluding hydrogens is 230 g/mol. The van der Waals surface area contributed by atoms with Crippen LogP contribution in [0.15, 0.2) is 48.5 Å². The lowest BCUT2D eigenvalue weighted by Crippen LogP contribution is -2.17. The molecule has 0 saturated heterocycles. The van der Waals surface area contributed by atoms with Crippen molar-refractivity contribution >= 4 is 17.3 Å². The van der Waals surface area contributed by atoms with E-state index in [9.17, 15) is 0 Å². The van der Waals surface area contributed by atoms with Gasteiger partial charge in [-0.15, -0.1) is 0 Å². The topological polar surface area (TPSA) is 12.0 Å². The molecule has 0 radical (unpaired) electrons. The molecule has 1 atom stereocenters. The summed E-state index contributed by atoms with van der Waals surface area (Å²) in [5.74, 6) is 0. The van der Waals surface area contributed by atoms with Gasteiger partial charge in [0.05, 0.1) is 6.04 Å². The standard InChI is InChI=1S/C15H14ClN/c16-13-6-3-5-12(10-13)15-9-8-11-4-1-2-7-14(11)17-15/h1-7,10,15,17H,8-9H2/t15-/m1/s1. The van der Waals surface area contributed by atoms with Crippen molar-refractivity contribution in [2.45, 2.75) is 18.9 Å². The molecule has 1 N–H and O–H groups in total. The molecule has 2 aromatic carbocycles. The third kappa shape index (κ3) is 2.16. The second kappa shape index (κ2) is 4.42. The van der Waals surface area contributed by atoms with Crippen LogP contribution in [0.25, 0.3) is 0 Å². The number of fused-ring (bicyclic) bond motifs is 1. The Kier molecular flexibility index (Phi) is 2.77. The van der Waals surface area contributed by atoms with Crippen LogP contribution in [0.5, 0.6) is 0 Å². The van der Waals surface area contributed by atoms with Crippen LogP contribution in [0, 0.1) is 0 Å². The van der Waals surface area contributed by atoms with Gasteiger partial charge in [0.2, 0.25) is 0 Å². The predicted octanol–water partition coefficient (Wildman–Crippen LogP) is 4.44. The lowest BCUT2D eigenvalue weighted by atomic mass is 9.93. The van der Waals surface area contributed by atoms with E-state index in [1.807, 2.05) is 18.2 Å². The number of nitrogens with one attached hydrogen (secondary N) is 1. The summed E-state index contributed by atoms with van der Waals surface area (Å²) in [6.45, 7) is 0. The summed E-state index contributed by atoms with van der Waals surface area (Å²) < 4.78 is 0. The summed E-state index contributed by atoms with van der Waals surface area (Å²) in [6.07, 6.45) is 2.25. The van der Waals surface area contributed by atoms with Gasteiger partial charge in [-0.05, 0) is 42.2 Å². The first-order chi connectivity index (χ1) is 8.33. The normalized spacial score (nSPS) is 18.3. The molecule has 0 aliphatic carbocycles. The number of halogens is 1. The van der Waals surface area contributed by atoms with Gasteiger partial charge in [-0.1, -0.05) is 41.9 Å². The van der Waals surface area contributed by atoms with Crippen molar-refractivity contribution in [1.82, 2.24) is 0 Å². The fraction of sp³-hybridized carbons (Fsp3) is 0.200. The highest BCUT2D eigenvalue weighted by atomic mass is 35.5. The summed E-state index contributed by atoms with van der Waals surface area (Å²) in [5.41, 5.74) is 3.93. The molecule has 1 nitrogen and oxygen atoms in total. The van der Waals surface area contributed by atoms with Crippen molar-refractivity contribution in [2.75, 3.05) is 5.32 Å². The van der Waals surface area contributed by atoms with E-state index in [2.05, 4.69) is 35.6 Å². The van der Waals surface area contributed by atoms with Gasteiger partial charge in [0.25, 0.3) is 0 Å². The number of hydrogen-bond donors (Lipinski definition) is 1. The van der Waals surface area contributed by atoms with Crippen LogP contribution >= 0.6 is 11.6 Å². The molecule has 2 heteroatoms. The largest absolute Gasteiger partial charge is 0.378 e. The number of rotatable bonds is 1. The van der Waals surface area contributed by atoms with Gasteiger partial charge in [0, 0.05) is 10.7 Å². The van der Waals surface area contributed by atoms with Crippen LogP contribution in [0.1, 0.15) is 23.6 Å². The van der Waals surface area contributed by atoms with E-state index in [1.165, 1.54) is 16.8 Å². The minimum Gasteiger partial charge on any atom is -0.378 e. The number of hydrogen-bond acceptors (Lipinski definition) is 1. The van der Waals surface area contributed by atoms with E-state index >= 15 is 0 Å². The lowest BCUT2D eigenvalue weighted by Gasteiger charge is -2.27. The minimum absolute atomic E-state index is 0.378. The zero-order valence-electron chi connectivity index (χ0n) is 9.49. The fourth-order valence-corrected chi connectivity index (χ4v) is 2.61. The van der Waals surface area contributed by atoms with Crippen molar-refractivity contribution in [3.05, 3.63) is 64.7 Å². The van der Waals surface area contributed by atoms with Crippen LogP contribution in [0.2, 0.25) is 5.02 Å². The van der Waals surface area contributed by atoms with Crippen molar-refractivity contribution in [3.63, 3.8) is 0 Å². The van der Waals surface area contributed by atoms with Crippen LogP contribution in [-0.4, -0.2) is 0 Å². The average Bonchev–Trinajstić information content (AvgIpc) is 2.38. The van der Waals surface area contributed by atoms with Gasteiger partial charge in [-0.3, -0.25) is 0 Å². The number of aryl methyl sites for hydroxylation is 1. The number of anilines is 1. The molecule has 0 unspecified atom stereocenters. The number of benzene rings is 2. The van der Waals surface area contributed by atoms with Crippen LogP contribution in [0.4, 0.5) is 5.69 Å². The Bertz CT molecular complexity index is 536. The van der Waals surface area contributed by atoms with E-state index in [0.717, 1.165) is 17.9 Å². The maximum absolute atomic E-state index is 6.04. The Morgan fingerprint density at radius 3 is 2.82 bits per heavy atom. The molecule has 1 aliphatic heterocycles. The highest BCUT2D eigenvalue weighted by Gasteiger charge is 2.18. The summed E-state index contributed by atoms with van der Waals surface area (Å²) in [5, 5.41) is 4.39. The Hall–Kier alpha value is -1.47. The zero-order valence-corrected chi connectivity index (χ0v) is 10.2. The van der Waals surface area contributed by atoms with Crippen molar-refractivity contribution in [3.8, 4) is 0 Å². The maximum atomic E-state index is 6.04. The molecule has 1 heterocycles. The molecule has 3 rings (SSSR count). The molecule has 0 saturated carbocycles. The van der Waals surface area contributed by atoms with Gasteiger partial charge >= 0.3 is 0 Å². The van der Waals surface area contributed by atoms with Crippen LogP contribution in [-0.2, 0) is 6.42 Å². The van der Waals surface area contributed by atoms with Gasteiger partial charge in [0.1, 0.15) is 0 Å². The van der Waals surface area contributed by atoms with E-state index < -0.39 is 0 Å². The summed E-state index contributed by atoms with van der Waals surface area (Å²) in [4.78, 5) is 0. The first-order valence-corrected chi connectivity index (χ1v) is 6.30. The smallest absolute Gasteiger partial charge is 0.0517 e. The molecule has 0 aromatic heterocycles. The first-order valence-electron chi connectivity index (χ1n) is 5.93. The van der Waals surface area contributed by atoms with E-state index in [-0.39, 0.29) is 0 Å². The van der Waals surface area contributed by atoms with E-state index in [0.29, 0.717) is 6.04 Å². The highest BCUT2D eigenvalue weighted by molar-refractivity contribution is 6.30. The minimum atomic E-state index is 0.378. The van der Waals surface area contributed by atoms with Gasteiger partial charge in [-0.25, -0.2) is 0 Å². The highest BCUT2D eigenvalue weighted by Crippen LogP contribution is 2.32. The first kappa shape index (κ1) is 10.7. The molecule has 86 valence electrons. The molecule has 17 heavy (non-hydrogen) atoms. The summed E-state index contributed by atoms with van der Waals surface area (Å²) in [7, 11) is 0. The monoisotopic (exact) mass is 243 g/mol. The quantitative estimate of drug-likeness (QED) is 0.781. The Balaban J connectivity index is 1.89. The molecule has 0 bridgehead atoms. The zero-order chi connectivity index (χ0) is 11.7. The summed E-state index contributed by atoms with van der Waals surface area (Å²) >= 11 is 6.04. The number of para-hydroxylation sites is 1. The Morgan fingerprint density at radius 1 is 1.06 bits per heavy atom. The second-order valence-corrected chi connectivity index (χ2v) is 4.88. The van der Waals surface area contributed by atoms with Gasteiger partial charge in [-0.2, -0.15) is 0 Å². The second-order valence-electron chi connectivity index (χ2n) is 4.45. The molecule has 2 aromatic rings.